The van der Waals surface area contributed by atoms with Crippen LogP contribution in [0.1, 0.15) is 49.4 Å². The average molecular weight is 358 g/mol. The number of aromatic amines is 1. The molecule has 0 saturated heterocycles. The monoisotopic (exact) mass is 357 g/mol. The first-order valence-electron chi connectivity index (χ1n) is 8.37. The van der Waals surface area contributed by atoms with E-state index in [0.29, 0.717) is 23.4 Å². The van der Waals surface area contributed by atoms with Gasteiger partial charge >= 0.3 is 0 Å². The second-order valence-electron chi connectivity index (χ2n) is 5.52. The predicted octanol–water partition coefficient (Wildman–Crippen LogP) is 6.13. The fourth-order valence-corrected chi connectivity index (χ4v) is 3.07. The van der Waals surface area contributed by atoms with E-state index in [1.54, 1.807) is 12.1 Å². The van der Waals surface area contributed by atoms with Gasteiger partial charge in [-0.3, -0.25) is 5.10 Å². The predicted molar refractivity (Wildman–Crippen MR) is 100 cm³/mol. The van der Waals surface area contributed by atoms with Gasteiger partial charge in [0, 0.05) is 22.7 Å². The lowest BCUT2D eigenvalue weighted by atomic mass is 9.89. The molecule has 25 heavy (non-hydrogen) atoms. The molecule has 2 aromatic carbocycles. The first-order valence-corrected chi connectivity index (χ1v) is 8.75. The van der Waals surface area contributed by atoms with Crippen molar-refractivity contribution in [3.8, 4) is 6.07 Å². The first kappa shape index (κ1) is 19.0. The lowest BCUT2D eigenvalue weighted by Gasteiger charge is -2.16. The molecule has 0 bridgehead atoms. The molecule has 130 valence electrons. The van der Waals surface area contributed by atoms with E-state index in [4.69, 9.17) is 16.9 Å². The maximum absolute atomic E-state index is 14.4. The molecule has 0 spiro atoms. The van der Waals surface area contributed by atoms with Crippen LogP contribution < -0.4 is 0 Å². The summed E-state index contributed by atoms with van der Waals surface area (Å²) >= 11 is 5.85. The highest BCUT2D eigenvalue weighted by molar-refractivity contribution is 6.30. The number of nitrogens with zero attached hydrogens (tertiary/aromatic N) is 2. The Hall–Kier alpha value is -2.38. The van der Waals surface area contributed by atoms with Crippen molar-refractivity contribution in [2.24, 2.45) is 0 Å². The van der Waals surface area contributed by atoms with E-state index in [9.17, 15) is 4.39 Å². The Morgan fingerprint density at radius 1 is 1.28 bits per heavy atom. The maximum atomic E-state index is 14.4. The Kier molecular flexibility index (Phi) is 6.55. The SMILES string of the molecule is CC.Cc1cccc2c(C(CCC#N)c3ccc(Cl)cc3F)[nH]nc12. The molecule has 3 nitrogen and oxygen atoms in total. The zero-order valence-electron chi connectivity index (χ0n) is 14.6. The summed E-state index contributed by atoms with van der Waals surface area (Å²) in [7, 11) is 0. The average Bonchev–Trinajstić information content (AvgIpc) is 3.04. The molecule has 0 amide bonds. The molecular formula is C20H21ClFN3. The maximum Gasteiger partial charge on any atom is 0.128 e. The van der Waals surface area contributed by atoms with Crippen LogP contribution in [0.2, 0.25) is 5.02 Å². The highest BCUT2D eigenvalue weighted by Gasteiger charge is 2.22. The van der Waals surface area contributed by atoms with Gasteiger partial charge in [0.2, 0.25) is 0 Å². The molecule has 0 fully saturated rings. The van der Waals surface area contributed by atoms with Crippen molar-refractivity contribution < 1.29 is 4.39 Å². The van der Waals surface area contributed by atoms with Crippen LogP contribution in [0.3, 0.4) is 0 Å². The van der Waals surface area contributed by atoms with Gasteiger partial charge in [0.1, 0.15) is 5.82 Å². The summed E-state index contributed by atoms with van der Waals surface area (Å²) < 4.78 is 14.4. The van der Waals surface area contributed by atoms with Crippen molar-refractivity contribution in [3.05, 3.63) is 64.1 Å². The number of benzene rings is 2. The van der Waals surface area contributed by atoms with Crippen LogP contribution >= 0.6 is 11.6 Å². The number of para-hydroxylation sites is 1. The fraction of sp³-hybridized carbons (Fsp3) is 0.300. The van der Waals surface area contributed by atoms with Gasteiger partial charge in [-0.1, -0.05) is 49.7 Å². The number of aryl methyl sites for hydroxylation is 1. The van der Waals surface area contributed by atoms with Gasteiger partial charge in [-0.15, -0.1) is 0 Å². The number of hydrogen-bond acceptors (Lipinski definition) is 2. The molecule has 1 aromatic heterocycles. The number of hydrogen-bond donors (Lipinski definition) is 1. The van der Waals surface area contributed by atoms with E-state index in [2.05, 4.69) is 16.3 Å². The molecular weight excluding hydrogens is 337 g/mol. The smallest absolute Gasteiger partial charge is 0.128 e. The summed E-state index contributed by atoms with van der Waals surface area (Å²) in [6.07, 6.45) is 0.847. The standard InChI is InChI=1S/C18H15ClFN3.C2H6/c1-11-4-2-5-15-17(11)22-23-18(15)14(6-3-9-21)13-8-7-12(19)10-16(13)20;1-2/h2,4-5,7-8,10,14H,3,6H2,1H3,(H,22,23);1-2H3. The zero-order valence-corrected chi connectivity index (χ0v) is 15.4. The van der Waals surface area contributed by atoms with E-state index in [1.165, 1.54) is 6.07 Å². The molecule has 5 heteroatoms. The lowest BCUT2D eigenvalue weighted by Crippen LogP contribution is -2.05. The number of nitriles is 1. The lowest BCUT2D eigenvalue weighted by molar-refractivity contribution is 0.584. The summed E-state index contributed by atoms with van der Waals surface area (Å²) in [6, 6.07) is 12.7. The second kappa shape index (κ2) is 8.64. The highest BCUT2D eigenvalue weighted by atomic mass is 35.5. The van der Waals surface area contributed by atoms with Gasteiger partial charge in [0.05, 0.1) is 17.3 Å². The van der Waals surface area contributed by atoms with E-state index >= 15 is 0 Å². The summed E-state index contributed by atoms with van der Waals surface area (Å²) in [5.41, 5.74) is 3.29. The molecule has 1 unspecified atom stereocenters. The van der Waals surface area contributed by atoms with Crippen molar-refractivity contribution in [2.45, 2.75) is 39.5 Å². The van der Waals surface area contributed by atoms with Gasteiger partial charge in [-0.25, -0.2) is 4.39 Å². The number of rotatable bonds is 4. The van der Waals surface area contributed by atoms with Crippen LogP contribution in [-0.2, 0) is 0 Å². The number of aromatic nitrogens is 2. The topological polar surface area (TPSA) is 52.5 Å². The molecule has 0 aliphatic heterocycles. The minimum absolute atomic E-state index is 0.265. The van der Waals surface area contributed by atoms with Gasteiger partial charge in [0.25, 0.3) is 0 Å². The van der Waals surface area contributed by atoms with Crippen LogP contribution in [0, 0.1) is 24.1 Å². The Morgan fingerprint density at radius 3 is 2.72 bits per heavy atom. The zero-order chi connectivity index (χ0) is 18.4. The fourth-order valence-electron chi connectivity index (χ4n) is 2.92. The molecule has 1 N–H and O–H groups in total. The number of fused-ring (bicyclic) bond motifs is 1. The third kappa shape index (κ3) is 4.00. The second-order valence-corrected chi connectivity index (χ2v) is 5.96. The van der Waals surface area contributed by atoms with Crippen LogP contribution in [0.15, 0.2) is 36.4 Å². The van der Waals surface area contributed by atoms with Crippen LogP contribution in [0.5, 0.6) is 0 Å². The largest absolute Gasteiger partial charge is 0.281 e. The molecule has 0 aliphatic carbocycles. The van der Waals surface area contributed by atoms with Crippen molar-refractivity contribution in [1.82, 2.24) is 10.2 Å². The summed E-state index contributed by atoms with van der Waals surface area (Å²) in [4.78, 5) is 0. The van der Waals surface area contributed by atoms with Gasteiger partial charge in [-0.05, 0) is 36.6 Å². The highest BCUT2D eigenvalue weighted by Crippen LogP contribution is 2.35. The Labute approximate surface area is 152 Å². The Morgan fingerprint density at radius 2 is 2.04 bits per heavy atom. The summed E-state index contributed by atoms with van der Waals surface area (Å²) in [5.74, 6) is -0.630. The van der Waals surface area contributed by atoms with Gasteiger partial charge in [-0.2, -0.15) is 10.4 Å². The van der Waals surface area contributed by atoms with Crippen molar-refractivity contribution in [3.63, 3.8) is 0 Å². The molecule has 0 aliphatic rings. The molecule has 3 aromatic rings. The normalized spacial score (nSPS) is 11.5. The quantitative estimate of drug-likeness (QED) is 0.611. The molecule has 1 heterocycles. The van der Waals surface area contributed by atoms with Gasteiger partial charge in [0.15, 0.2) is 0 Å². The number of H-pyrrole nitrogens is 1. The van der Waals surface area contributed by atoms with Crippen molar-refractivity contribution >= 4 is 22.5 Å². The molecule has 3 rings (SSSR count). The minimum Gasteiger partial charge on any atom is -0.281 e. The molecule has 1 atom stereocenters. The number of nitrogens with one attached hydrogen (secondary N) is 1. The third-order valence-electron chi connectivity index (χ3n) is 4.05. The Bertz CT molecular complexity index is 896. The summed E-state index contributed by atoms with van der Waals surface area (Å²) in [5, 5.41) is 17.7. The van der Waals surface area contributed by atoms with Gasteiger partial charge < -0.3 is 0 Å². The van der Waals surface area contributed by atoms with E-state index in [-0.39, 0.29) is 11.7 Å². The Balaban J connectivity index is 0.00000109. The third-order valence-corrected chi connectivity index (χ3v) is 4.28. The van der Waals surface area contributed by atoms with Crippen LogP contribution in [0.25, 0.3) is 10.9 Å². The number of halogens is 2. The molecule has 0 radical (unpaired) electrons. The van der Waals surface area contributed by atoms with Crippen molar-refractivity contribution in [1.29, 1.82) is 5.26 Å². The van der Waals surface area contributed by atoms with E-state index in [1.807, 2.05) is 39.0 Å². The summed E-state index contributed by atoms with van der Waals surface area (Å²) in [6.45, 7) is 5.99. The first-order chi connectivity index (χ1) is 12.1. The minimum atomic E-state index is -0.365. The van der Waals surface area contributed by atoms with Crippen molar-refractivity contribution in [2.75, 3.05) is 0 Å². The van der Waals surface area contributed by atoms with E-state index in [0.717, 1.165) is 22.2 Å². The van der Waals surface area contributed by atoms with Crippen LogP contribution in [-0.4, -0.2) is 10.2 Å². The molecule has 0 saturated carbocycles. The van der Waals surface area contributed by atoms with Crippen LogP contribution in [0.4, 0.5) is 4.39 Å². The van der Waals surface area contributed by atoms with E-state index < -0.39 is 0 Å².